The normalized spacial score (nSPS) is 10.3. The van der Waals surface area contributed by atoms with Crippen molar-refractivity contribution in [3.63, 3.8) is 0 Å². The van der Waals surface area contributed by atoms with E-state index in [4.69, 9.17) is 0 Å². The van der Waals surface area contributed by atoms with Crippen molar-refractivity contribution in [1.82, 2.24) is 0 Å². The monoisotopic (exact) mass is 228 g/mol. The van der Waals surface area contributed by atoms with Crippen molar-refractivity contribution in [1.29, 1.82) is 0 Å². The van der Waals surface area contributed by atoms with Gasteiger partial charge in [0.1, 0.15) is 0 Å². The van der Waals surface area contributed by atoms with Gasteiger partial charge in [0.25, 0.3) is 0 Å². The molecule has 0 amide bonds. The molecule has 0 aliphatic rings. The van der Waals surface area contributed by atoms with Gasteiger partial charge in [0.15, 0.2) is 0 Å². The van der Waals surface area contributed by atoms with Crippen molar-refractivity contribution in [3.05, 3.63) is 71.3 Å². The minimum atomic E-state index is 1.03. The molecule has 2 rings (SSSR count). The van der Waals surface area contributed by atoms with Crippen LogP contribution in [-0.2, 0) is 12.2 Å². The third-order valence-electron chi connectivity index (χ3n) is 2.59. The largest absolute Gasteiger partial charge is 0.161 e. The number of hydrogen-bond acceptors (Lipinski definition) is 1. The molecule has 1 heteroatoms. The lowest BCUT2D eigenvalue weighted by molar-refractivity contribution is 1.18. The standard InChI is InChI=1S/C15H16S/c1-16-12-15-9-7-14(8-10-15)11-13-5-3-2-4-6-13/h2-10H,11-12H2,1H3. The van der Waals surface area contributed by atoms with Crippen LogP contribution in [0.5, 0.6) is 0 Å². The summed E-state index contributed by atoms with van der Waals surface area (Å²) in [6.45, 7) is 0. The molecule has 0 atom stereocenters. The van der Waals surface area contributed by atoms with Crippen LogP contribution < -0.4 is 0 Å². The molecule has 2 aromatic carbocycles. The fourth-order valence-electron chi connectivity index (χ4n) is 1.75. The second-order valence-corrected chi connectivity index (χ2v) is 4.78. The Kier molecular flexibility index (Phi) is 4.06. The summed E-state index contributed by atoms with van der Waals surface area (Å²) in [6.07, 6.45) is 3.16. The average molecular weight is 228 g/mol. The van der Waals surface area contributed by atoms with E-state index >= 15 is 0 Å². The Morgan fingerprint density at radius 1 is 0.750 bits per heavy atom. The number of hydrogen-bond donors (Lipinski definition) is 0. The van der Waals surface area contributed by atoms with Gasteiger partial charge in [-0.2, -0.15) is 11.8 Å². The van der Waals surface area contributed by atoms with Gasteiger partial charge in [0.05, 0.1) is 0 Å². The zero-order valence-corrected chi connectivity index (χ0v) is 10.3. The fraction of sp³-hybridized carbons (Fsp3) is 0.200. The van der Waals surface area contributed by atoms with Crippen LogP contribution in [0.1, 0.15) is 16.7 Å². The van der Waals surface area contributed by atoms with Gasteiger partial charge in [0, 0.05) is 5.75 Å². The first-order chi connectivity index (χ1) is 7.88. The Labute approximate surface area is 102 Å². The molecule has 0 spiro atoms. The Bertz CT molecular complexity index is 417. The van der Waals surface area contributed by atoms with E-state index in [1.54, 1.807) is 0 Å². The van der Waals surface area contributed by atoms with Crippen LogP contribution >= 0.6 is 11.8 Å². The van der Waals surface area contributed by atoms with E-state index in [2.05, 4.69) is 60.9 Å². The highest BCUT2D eigenvalue weighted by molar-refractivity contribution is 7.97. The highest BCUT2D eigenvalue weighted by Crippen LogP contribution is 2.13. The van der Waals surface area contributed by atoms with Crippen molar-refractivity contribution < 1.29 is 0 Å². The Hall–Kier alpha value is -1.21. The van der Waals surface area contributed by atoms with Crippen LogP contribution in [0.3, 0.4) is 0 Å². The first kappa shape index (κ1) is 11.3. The third-order valence-corrected chi connectivity index (χ3v) is 3.21. The number of thioether (sulfide) groups is 1. The Balaban J connectivity index is 2.05. The smallest absolute Gasteiger partial charge is 0.0181 e. The molecule has 16 heavy (non-hydrogen) atoms. The minimum Gasteiger partial charge on any atom is -0.161 e. The maximum absolute atomic E-state index is 2.23. The summed E-state index contributed by atoms with van der Waals surface area (Å²) in [5.74, 6) is 1.10. The van der Waals surface area contributed by atoms with Crippen LogP contribution in [0, 0.1) is 0 Å². The lowest BCUT2D eigenvalue weighted by Gasteiger charge is -2.03. The van der Waals surface area contributed by atoms with Crippen molar-refractivity contribution >= 4 is 11.8 Å². The maximum Gasteiger partial charge on any atom is 0.0181 e. The Morgan fingerprint density at radius 3 is 1.94 bits per heavy atom. The summed E-state index contributed by atoms with van der Waals surface area (Å²) in [6, 6.07) is 19.5. The predicted octanol–water partition coefficient (Wildman–Crippen LogP) is 4.14. The summed E-state index contributed by atoms with van der Waals surface area (Å²) >= 11 is 1.86. The molecule has 0 fully saturated rings. The molecule has 0 unspecified atom stereocenters. The zero-order valence-electron chi connectivity index (χ0n) is 9.52. The van der Waals surface area contributed by atoms with Gasteiger partial charge in [-0.3, -0.25) is 0 Å². The first-order valence-corrected chi connectivity index (χ1v) is 6.88. The van der Waals surface area contributed by atoms with E-state index in [0.29, 0.717) is 0 Å². The summed E-state index contributed by atoms with van der Waals surface area (Å²) in [5.41, 5.74) is 4.17. The highest BCUT2D eigenvalue weighted by atomic mass is 32.2. The van der Waals surface area contributed by atoms with Crippen LogP contribution in [0.15, 0.2) is 54.6 Å². The molecule has 0 aliphatic heterocycles. The van der Waals surface area contributed by atoms with Gasteiger partial charge in [-0.15, -0.1) is 0 Å². The molecule has 0 N–H and O–H groups in total. The number of benzene rings is 2. The fourth-order valence-corrected chi connectivity index (χ4v) is 2.28. The van der Waals surface area contributed by atoms with Crippen LogP contribution in [0.2, 0.25) is 0 Å². The second kappa shape index (κ2) is 5.76. The lowest BCUT2D eigenvalue weighted by atomic mass is 10.0. The predicted molar refractivity (Wildman–Crippen MR) is 72.9 cm³/mol. The van der Waals surface area contributed by atoms with Gasteiger partial charge >= 0.3 is 0 Å². The van der Waals surface area contributed by atoms with Gasteiger partial charge in [0.2, 0.25) is 0 Å². The minimum absolute atomic E-state index is 1.03. The molecule has 2 aromatic rings. The second-order valence-electron chi connectivity index (χ2n) is 3.91. The molecule has 0 aliphatic carbocycles. The number of rotatable bonds is 4. The van der Waals surface area contributed by atoms with Crippen LogP contribution in [0.4, 0.5) is 0 Å². The zero-order chi connectivity index (χ0) is 11.2. The molecule has 0 radical (unpaired) electrons. The molecule has 0 nitrogen and oxygen atoms in total. The highest BCUT2D eigenvalue weighted by Gasteiger charge is 1.96. The van der Waals surface area contributed by atoms with E-state index in [0.717, 1.165) is 12.2 Å². The van der Waals surface area contributed by atoms with Crippen molar-refractivity contribution in [2.75, 3.05) is 6.26 Å². The van der Waals surface area contributed by atoms with Crippen molar-refractivity contribution in [2.45, 2.75) is 12.2 Å². The van der Waals surface area contributed by atoms with Crippen molar-refractivity contribution in [2.24, 2.45) is 0 Å². The van der Waals surface area contributed by atoms with Crippen LogP contribution in [0.25, 0.3) is 0 Å². The lowest BCUT2D eigenvalue weighted by Crippen LogP contribution is -1.88. The molecule has 0 heterocycles. The average Bonchev–Trinajstić information content (AvgIpc) is 2.33. The topological polar surface area (TPSA) is 0 Å². The quantitative estimate of drug-likeness (QED) is 0.758. The van der Waals surface area contributed by atoms with Gasteiger partial charge in [-0.05, 0) is 29.4 Å². The molecule has 82 valence electrons. The van der Waals surface area contributed by atoms with E-state index in [1.165, 1.54) is 16.7 Å². The summed E-state index contributed by atoms with van der Waals surface area (Å²) in [4.78, 5) is 0. The van der Waals surface area contributed by atoms with Crippen molar-refractivity contribution in [3.8, 4) is 0 Å². The summed E-state index contributed by atoms with van der Waals surface area (Å²) < 4.78 is 0. The van der Waals surface area contributed by atoms with E-state index in [1.807, 2.05) is 11.8 Å². The summed E-state index contributed by atoms with van der Waals surface area (Å²) in [7, 11) is 0. The maximum atomic E-state index is 2.23. The Morgan fingerprint density at radius 2 is 1.31 bits per heavy atom. The molecule has 0 saturated carbocycles. The third kappa shape index (κ3) is 3.14. The van der Waals surface area contributed by atoms with Gasteiger partial charge in [-0.1, -0.05) is 54.6 Å². The van der Waals surface area contributed by atoms with E-state index in [9.17, 15) is 0 Å². The summed E-state index contributed by atoms with van der Waals surface area (Å²) in [5, 5.41) is 0. The van der Waals surface area contributed by atoms with Gasteiger partial charge < -0.3 is 0 Å². The van der Waals surface area contributed by atoms with Crippen LogP contribution in [-0.4, -0.2) is 6.26 Å². The molecular weight excluding hydrogens is 212 g/mol. The molecular formula is C15H16S. The first-order valence-electron chi connectivity index (χ1n) is 5.49. The molecule has 0 bridgehead atoms. The molecule has 0 saturated heterocycles. The van der Waals surface area contributed by atoms with Gasteiger partial charge in [-0.25, -0.2) is 0 Å². The SMILES string of the molecule is CSCc1ccc(Cc2ccccc2)cc1. The van der Waals surface area contributed by atoms with E-state index in [-0.39, 0.29) is 0 Å². The molecule has 0 aromatic heterocycles. The van der Waals surface area contributed by atoms with E-state index < -0.39 is 0 Å².